The third-order valence-corrected chi connectivity index (χ3v) is 5.08. The summed E-state index contributed by atoms with van der Waals surface area (Å²) < 4.78 is 0. The van der Waals surface area contributed by atoms with Gasteiger partial charge in [-0.2, -0.15) is 0 Å². The van der Waals surface area contributed by atoms with Crippen LogP contribution >= 0.6 is 11.6 Å². The molecule has 0 radical (unpaired) electrons. The van der Waals surface area contributed by atoms with Gasteiger partial charge in [0.15, 0.2) is 0 Å². The van der Waals surface area contributed by atoms with E-state index in [1.165, 1.54) is 57.1 Å². The Kier molecular flexibility index (Phi) is 4.07. The van der Waals surface area contributed by atoms with Crippen molar-refractivity contribution in [2.75, 3.05) is 0 Å². The van der Waals surface area contributed by atoms with Crippen LogP contribution in [0.4, 0.5) is 0 Å². The Hall–Kier alpha value is -0.630. The Morgan fingerprint density at radius 2 is 1.63 bits per heavy atom. The number of hydrogen-bond acceptors (Lipinski definition) is 2. The molecule has 0 amide bonds. The molecule has 2 aliphatic rings. The monoisotopic (exact) mass is 278 g/mol. The zero-order valence-electron chi connectivity index (χ0n) is 11.7. The normalized spacial score (nSPS) is 28.7. The van der Waals surface area contributed by atoms with E-state index in [1.807, 2.05) is 6.07 Å². The van der Waals surface area contributed by atoms with Gasteiger partial charge in [-0.05, 0) is 37.7 Å². The summed E-state index contributed by atoms with van der Waals surface area (Å²) in [6, 6.07) is 1.99. The van der Waals surface area contributed by atoms with Gasteiger partial charge in [-0.25, -0.2) is 9.97 Å². The molecule has 2 aliphatic carbocycles. The fraction of sp³-hybridized carbons (Fsp3) is 0.750. The van der Waals surface area contributed by atoms with Gasteiger partial charge in [0.1, 0.15) is 11.0 Å². The van der Waals surface area contributed by atoms with E-state index in [0.717, 1.165) is 11.7 Å². The Balaban J connectivity index is 1.80. The van der Waals surface area contributed by atoms with E-state index in [2.05, 4.69) is 11.9 Å². The molecule has 0 saturated heterocycles. The van der Waals surface area contributed by atoms with Gasteiger partial charge in [0, 0.05) is 17.5 Å². The molecule has 0 aromatic carbocycles. The van der Waals surface area contributed by atoms with Crippen molar-refractivity contribution in [2.24, 2.45) is 5.92 Å². The first-order valence-corrected chi connectivity index (χ1v) is 8.14. The largest absolute Gasteiger partial charge is 0.237 e. The van der Waals surface area contributed by atoms with Crippen LogP contribution in [0.1, 0.15) is 81.6 Å². The molecule has 2 nitrogen and oxygen atoms in total. The van der Waals surface area contributed by atoms with Crippen LogP contribution in [-0.4, -0.2) is 9.97 Å². The molecule has 3 rings (SSSR count). The van der Waals surface area contributed by atoms with Crippen molar-refractivity contribution >= 4 is 11.6 Å². The Labute approximate surface area is 121 Å². The average molecular weight is 279 g/mol. The minimum Gasteiger partial charge on any atom is -0.237 e. The van der Waals surface area contributed by atoms with Crippen molar-refractivity contribution in [1.29, 1.82) is 0 Å². The summed E-state index contributed by atoms with van der Waals surface area (Å²) in [7, 11) is 0. The van der Waals surface area contributed by atoms with Crippen LogP contribution in [0, 0.1) is 5.92 Å². The molecule has 1 aromatic heterocycles. The first-order chi connectivity index (χ1) is 9.22. The molecule has 3 heteroatoms. The van der Waals surface area contributed by atoms with Gasteiger partial charge in [0.25, 0.3) is 0 Å². The highest BCUT2D eigenvalue weighted by Crippen LogP contribution is 2.37. The summed E-state index contributed by atoms with van der Waals surface area (Å²) in [6.45, 7) is 2.35. The van der Waals surface area contributed by atoms with Crippen molar-refractivity contribution in [3.05, 3.63) is 22.7 Å². The number of nitrogens with zero attached hydrogens (tertiary/aromatic N) is 2. The molecule has 104 valence electrons. The van der Waals surface area contributed by atoms with E-state index in [-0.39, 0.29) is 0 Å². The van der Waals surface area contributed by atoms with Gasteiger partial charge in [-0.3, -0.25) is 0 Å². The molecule has 1 aromatic rings. The van der Waals surface area contributed by atoms with Crippen LogP contribution in [-0.2, 0) is 0 Å². The minimum atomic E-state index is 0.537. The van der Waals surface area contributed by atoms with Crippen molar-refractivity contribution < 1.29 is 0 Å². The van der Waals surface area contributed by atoms with Gasteiger partial charge in [0.2, 0.25) is 0 Å². The smallest absolute Gasteiger partial charge is 0.133 e. The molecule has 0 atom stereocenters. The standard InChI is InChI=1S/C16H23ClN2/c1-11-6-8-13(9-7-11)16-18-14(10-15(17)19-16)12-4-2-3-5-12/h10-13H,2-9H2,1H3. The van der Waals surface area contributed by atoms with E-state index in [9.17, 15) is 0 Å². The van der Waals surface area contributed by atoms with Crippen LogP contribution in [0.5, 0.6) is 0 Å². The molecule has 0 N–H and O–H groups in total. The van der Waals surface area contributed by atoms with E-state index in [1.54, 1.807) is 0 Å². The fourth-order valence-corrected chi connectivity index (χ4v) is 3.78. The summed E-state index contributed by atoms with van der Waals surface area (Å²) >= 11 is 6.23. The van der Waals surface area contributed by atoms with E-state index >= 15 is 0 Å². The van der Waals surface area contributed by atoms with Crippen LogP contribution in [0.15, 0.2) is 6.07 Å². The minimum absolute atomic E-state index is 0.537. The summed E-state index contributed by atoms with van der Waals surface area (Å²) in [4.78, 5) is 9.38. The molecule has 0 spiro atoms. The second kappa shape index (κ2) is 5.78. The van der Waals surface area contributed by atoms with E-state index < -0.39 is 0 Å². The van der Waals surface area contributed by atoms with Crippen molar-refractivity contribution in [2.45, 2.75) is 70.1 Å². The maximum Gasteiger partial charge on any atom is 0.133 e. The molecule has 2 saturated carbocycles. The average Bonchev–Trinajstić information content (AvgIpc) is 2.93. The third-order valence-electron chi connectivity index (χ3n) is 4.89. The van der Waals surface area contributed by atoms with Gasteiger partial charge >= 0.3 is 0 Å². The zero-order valence-corrected chi connectivity index (χ0v) is 12.5. The Bertz CT molecular complexity index is 432. The van der Waals surface area contributed by atoms with Crippen LogP contribution < -0.4 is 0 Å². The lowest BCUT2D eigenvalue weighted by molar-refractivity contribution is 0.339. The lowest BCUT2D eigenvalue weighted by Crippen LogP contribution is -2.14. The van der Waals surface area contributed by atoms with Crippen molar-refractivity contribution in [3.63, 3.8) is 0 Å². The predicted octanol–water partition coefficient (Wildman–Crippen LogP) is 5.08. The van der Waals surface area contributed by atoms with Crippen LogP contribution in [0.25, 0.3) is 0 Å². The van der Waals surface area contributed by atoms with Gasteiger partial charge in [-0.15, -0.1) is 0 Å². The predicted molar refractivity (Wildman–Crippen MR) is 78.6 cm³/mol. The van der Waals surface area contributed by atoms with E-state index in [0.29, 0.717) is 17.0 Å². The molecule has 1 heterocycles. The lowest BCUT2D eigenvalue weighted by atomic mass is 9.82. The van der Waals surface area contributed by atoms with Crippen LogP contribution in [0.2, 0.25) is 5.15 Å². The summed E-state index contributed by atoms with van der Waals surface area (Å²) in [5.41, 5.74) is 1.20. The molecule has 0 bridgehead atoms. The molecule has 0 aliphatic heterocycles. The molecule has 19 heavy (non-hydrogen) atoms. The zero-order chi connectivity index (χ0) is 13.2. The molecule has 2 fully saturated rings. The molecule has 0 unspecified atom stereocenters. The number of halogens is 1. The van der Waals surface area contributed by atoms with Gasteiger partial charge in [0.05, 0.1) is 0 Å². The first kappa shape index (κ1) is 13.4. The lowest BCUT2D eigenvalue weighted by Gasteiger charge is -2.25. The molecular formula is C16H23ClN2. The summed E-state index contributed by atoms with van der Waals surface area (Å²) in [5.74, 6) is 3.04. The Morgan fingerprint density at radius 1 is 0.947 bits per heavy atom. The highest BCUT2D eigenvalue weighted by Gasteiger charge is 2.25. The van der Waals surface area contributed by atoms with Crippen LogP contribution in [0.3, 0.4) is 0 Å². The Morgan fingerprint density at radius 3 is 2.32 bits per heavy atom. The second-order valence-corrected chi connectivity index (χ2v) is 6.80. The summed E-state index contributed by atoms with van der Waals surface area (Å²) in [5, 5.41) is 0.644. The fourth-order valence-electron chi connectivity index (χ4n) is 3.58. The number of aromatic nitrogens is 2. The second-order valence-electron chi connectivity index (χ2n) is 6.41. The van der Waals surface area contributed by atoms with Crippen molar-refractivity contribution in [1.82, 2.24) is 9.97 Å². The molecular weight excluding hydrogens is 256 g/mol. The van der Waals surface area contributed by atoms with E-state index in [4.69, 9.17) is 16.6 Å². The number of rotatable bonds is 2. The van der Waals surface area contributed by atoms with Gasteiger partial charge < -0.3 is 0 Å². The highest BCUT2D eigenvalue weighted by molar-refractivity contribution is 6.29. The van der Waals surface area contributed by atoms with Gasteiger partial charge in [-0.1, -0.05) is 44.2 Å². The topological polar surface area (TPSA) is 25.8 Å². The van der Waals surface area contributed by atoms with Crippen molar-refractivity contribution in [3.8, 4) is 0 Å². The first-order valence-electron chi connectivity index (χ1n) is 7.76. The third kappa shape index (κ3) is 3.10. The summed E-state index contributed by atoms with van der Waals surface area (Å²) in [6.07, 6.45) is 10.3. The SMILES string of the molecule is CC1CCC(c2nc(Cl)cc(C3CCCC3)n2)CC1. The highest BCUT2D eigenvalue weighted by atomic mass is 35.5. The maximum atomic E-state index is 6.23. The number of hydrogen-bond donors (Lipinski definition) is 0. The quantitative estimate of drug-likeness (QED) is 0.705. The maximum absolute atomic E-state index is 6.23.